The van der Waals surface area contributed by atoms with Crippen molar-refractivity contribution < 1.29 is 47.5 Å². The van der Waals surface area contributed by atoms with Crippen LogP contribution in [0.4, 0.5) is 0 Å². The second kappa shape index (κ2) is 43.3. The Morgan fingerprint density at radius 1 is 0.516 bits per heavy atom. The largest absolute Gasteiger partial charge is 0.480 e. The van der Waals surface area contributed by atoms with Gasteiger partial charge in [0.05, 0.1) is 13.2 Å². The van der Waals surface area contributed by atoms with E-state index >= 15 is 0 Å². The highest BCUT2D eigenvalue weighted by Crippen LogP contribution is 2.43. The molecule has 0 radical (unpaired) electrons. The molecule has 0 aromatic heterocycles. The van der Waals surface area contributed by atoms with Crippen LogP contribution in [-0.4, -0.2) is 59.9 Å². The van der Waals surface area contributed by atoms with Gasteiger partial charge in [-0.15, -0.1) is 0 Å². The fraction of sp³-hybridized carbons (Fsp3) is 0.500. The number of hydrogen-bond acceptors (Lipinski definition) is 9. The minimum atomic E-state index is -4.77. The fourth-order valence-electron chi connectivity index (χ4n) is 4.95. The maximum atomic E-state index is 12.6. The summed E-state index contributed by atoms with van der Waals surface area (Å²) in [7, 11) is -4.77. The molecule has 1 unspecified atom stereocenters. The van der Waals surface area contributed by atoms with E-state index in [2.05, 4.69) is 122 Å². The molecule has 0 aromatic rings. The van der Waals surface area contributed by atoms with Crippen LogP contribution in [0.15, 0.2) is 134 Å². The number of esters is 2. The first kappa shape index (κ1) is 57.6. The molecule has 3 atom stereocenters. The Morgan fingerprint density at radius 3 is 1.29 bits per heavy atom. The number of phosphoric acid groups is 1. The van der Waals surface area contributed by atoms with Crippen molar-refractivity contribution in [3.63, 3.8) is 0 Å². The van der Waals surface area contributed by atoms with Gasteiger partial charge in [0.15, 0.2) is 6.10 Å². The number of aliphatic carboxylic acids is 1. The van der Waals surface area contributed by atoms with Crippen LogP contribution in [0.25, 0.3) is 0 Å². The molecule has 62 heavy (non-hydrogen) atoms. The number of carbonyl (C=O) groups is 3. The van der Waals surface area contributed by atoms with Crippen LogP contribution >= 0.6 is 7.82 Å². The van der Waals surface area contributed by atoms with Crippen LogP contribution in [0.3, 0.4) is 0 Å². The number of allylic oxidation sites excluding steroid dienone is 22. The van der Waals surface area contributed by atoms with E-state index in [0.29, 0.717) is 19.3 Å². The van der Waals surface area contributed by atoms with E-state index in [1.54, 1.807) is 0 Å². The Hall–Kier alpha value is -4.38. The number of carboxylic acids is 1. The third-order valence-electron chi connectivity index (χ3n) is 8.41. The summed E-state index contributed by atoms with van der Waals surface area (Å²) in [5.41, 5.74) is 5.32. The standard InChI is InChI=1S/C50H76NO10P/c1-3-5-7-9-11-13-15-17-19-21-23-25-27-29-31-33-35-37-39-41-48(52)58-43-46(44-59-62(56,57)60-45-47(51)50(54)55)61-49(53)42-40-38-36-34-32-30-28-26-24-22-20-18-16-14-12-10-8-6-4-2/h6,8,11-14,17-20,23-26,29-32,35-38,46-47H,3-5,7,9-10,15-16,21-22,27-28,33-34,39-45,51H2,1-2H3,(H,54,55)(H,56,57)/b8-6-,13-11-,14-12-,19-17-,20-18-,25-23-,26-24-,31-29-,32-30-,37-35-,38-36-/t46-,47+/m1/s1. The monoisotopic (exact) mass is 882 g/mol. The summed E-state index contributed by atoms with van der Waals surface area (Å²) in [6.07, 6.45) is 59.7. The zero-order valence-electron chi connectivity index (χ0n) is 37.4. The highest BCUT2D eigenvalue weighted by Gasteiger charge is 2.28. The lowest BCUT2D eigenvalue weighted by Gasteiger charge is -2.20. The second-order valence-corrected chi connectivity index (χ2v) is 15.5. The Labute approximate surface area is 372 Å². The Balaban J connectivity index is 4.63. The third-order valence-corrected chi connectivity index (χ3v) is 9.36. The van der Waals surface area contributed by atoms with Gasteiger partial charge >= 0.3 is 25.7 Å². The van der Waals surface area contributed by atoms with Crippen LogP contribution in [0.5, 0.6) is 0 Å². The first-order valence-corrected chi connectivity index (χ1v) is 23.7. The summed E-state index contributed by atoms with van der Waals surface area (Å²) in [5, 5.41) is 8.89. The topological polar surface area (TPSA) is 172 Å². The first-order valence-electron chi connectivity index (χ1n) is 22.2. The average Bonchev–Trinajstić information content (AvgIpc) is 3.25. The maximum absolute atomic E-state index is 12.6. The van der Waals surface area contributed by atoms with E-state index in [1.807, 2.05) is 30.4 Å². The molecule has 0 aliphatic carbocycles. The molecule has 0 saturated heterocycles. The predicted octanol–water partition coefficient (Wildman–Crippen LogP) is 12.2. The van der Waals surface area contributed by atoms with E-state index < -0.39 is 57.7 Å². The lowest BCUT2D eigenvalue weighted by molar-refractivity contribution is -0.161. The van der Waals surface area contributed by atoms with E-state index in [9.17, 15) is 23.8 Å². The van der Waals surface area contributed by atoms with Crippen molar-refractivity contribution in [1.82, 2.24) is 0 Å². The third kappa shape index (κ3) is 42.3. The van der Waals surface area contributed by atoms with Gasteiger partial charge in [0, 0.05) is 12.8 Å². The number of nitrogens with two attached hydrogens (primary N) is 1. The van der Waals surface area contributed by atoms with E-state index in [1.165, 1.54) is 19.3 Å². The molecule has 0 fully saturated rings. The summed E-state index contributed by atoms with van der Waals surface area (Å²) in [5.74, 6) is -2.61. The number of hydrogen-bond donors (Lipinski definition) is 3. The summed E-state index contributed by atoms with van der Waals surface area (Å²) in [4.78, 5) is 45.9. The molecule has 0 saturated carbocycles. The predicted molar refractivity (Wildman–Crippen MR) is 253 cm³/mol. The van der Waals surface area contributed by atoms with Gasteiger partial charge in [0.25, 0.3) is 0 Å². The number of phosphoric ester groups is 1. The Kier molecular flexibility index (Phi) is 40.2. The van der Waals surface area contributed by atoms with Crippen LogP contribution in [0.1, 0.15) is 129 Å². The summed E-state index contributed by atoms with van der Waals surface area (Å²) in [6.45, 7) is 2.48. The van der Waals surface area contributed by atoms with Crippen molar-refractivity contribution in [2.24, 2.45) is 5.73 Å². The molecule has 4 N–H and O–H groups in total. The number of carbonyl (C=O) groups excluding carboxylic acids is 2. The minimum Gasteiger partial charge on any atom is -0.480 e. The number of rotatable bonds is 39. The van der Waals surface area contributed by atoms with Crippen molar-refractivity contribution in [2.45, 2.75) is 142 Å². The molecule has 0 spiro atoms. The number of ether oxygens (including phenoxy) is 2. The summed E-state index contributed by atoms with van der Waals surface area (Å²) in [6, 6.07) is -1.55. The van der Waals surface area contributed by atoms with E-state index in [0.717, 1.165) is 64.2 Å². The van der Waals surface area contributed by atoms with Crippen LogP contribution < -0.4 is 5.73 Å². The molecule has 0 aromatic carbocycles. The quantitative estimate of drug-likeness (QED) is 0.0232. The molecule has 0 aliphatic heterocycles. The van der Waals surface area contributed by atoms with Crippen LogP contribution in [0, 0.1) is 0 Å². The molecule has 0 bridgehead atoms. The molecular formula is C50H76NO10P. The highest BCUT2D eigenvalue weighted by atomic mass is 31.2. The van der Waals surface area contributed by atoms with Gasteiger partial charge in [0.2, 0.25) is 0 Å². The highest BCUT2D eigenvalue weighted by molar-refractivity contribution is 7.47. The zero-order chi connectivity index (χ0) is 45.6. The maximum Gasteiger partial charge on any atom is 0.472 e. The Morgan fingerprint density at radius 2 is 0.887 bits per heavy atom. The SMILES string of the molecule is CC/C=C\C/C=C\C/C=C\C/C=C\C/C=C\C/C=C\CCC(=O)O[C@H](COC(=O)CC/C=C\C/C=C\C/C=C\C/C=C\C/C=C\CCCCC)COP(=O)(O)OC[C@H](N)C(=O)O. The van der Waals surface area contributed by atoms with E-state index in [-0.39, 0.29) is 12.8 Å². The fourth-order valence-corrected chi connectivity index (χ4v) is 5.73. The second-order valence-electron chi connectivity index (χ2n) is 14.1. The average molecular weight is 882 g/mol. The van der Waals surface area contributed by atoms with Crippen molar-refractivity contribution in [3.8, 4) is 0 Å². The van der Waals surface area contributed by atoms with Crippen molar-refractivity contribution in [3.05, 3.63) is 134 Å². The smallest absolute Gasteiger partial charge is 0.472 e. The molecule has 0 heterocycles. The molecule has 11 nitrogen and oxygen atoms in total. The van der Waals surface area contributed by atoms with Crippen molar-refractivity contribution in [2.75, 3.05) is 19.8 Å². The van der Waals surface area contributed by atoms with Gasteiger partial charge in [-0.3, -0.25) is 23.4 Å². The Bertz CT molecular complexity index is 1550. The molecule has 346 valence electrons. The van der Waals surface area contributed by atoms with Gasteiger partial charge < -0.3 is 25.2 Å². The molecule has 0 rings (SSSR count). The van der Waals surface area contributed by atoms with E-state index in [4.69, 9.17) is 24.8 Å². The van der Waals surface area contributed by atoms with Gasteiger partial charge in [-0.05, 0) is 89.9 Å². The van der Waals surface area contributed by atoms with Crippen molar-refractivity contribution >= 4 is 25.7 Å². The van der Waals surface area contributed by atoms with Gasteiger partial charge in [-0.1, -0.05) is 160 Å². The molecular weight excluding hydrogens is 806 g/mol. The summed E-state index contributed by atoms with van der Waals surface area (Å²) >= 11 is 0. The first-order chi connectivity index (χ1) is 30.1. The molecule has 0 amide bonds. The lowest BCUT2D eigenvalue weighted by Crippen LogP contribution is -2.34. The molecule has 0 aliphatic rings. The van der Waals surface area contributed by atoms with Gasteiger partial charge in [-0.2, -0.15) is 0 Å². The van der Waals surface area contributed by atoms with Gasteiger partial charge in [0.1, 0.15) is 12.6 Å². The van der Waals surface area contributed by atoms with Crippen LogP contribution in [-0.2, 0) is 37.5 Å². The number of unbranched alkanes of at least 4 members (excludes halogenated alkanes) is 3. The molecule has 12 heteroatoms. The van der Waals surface area contributed by atoms with Gasteiger partial charge in [-0.25, -0.2) is 4.57 Å². The van der Waals surface area contributed by atoms with Crippen LogP contribution in [0.2, 0.25) is 0 Å². The normalized spacial score (nSPS) is 14.9. The lowest BCUT2D eigenvalue weighted by atomic mass is 10.2. The zero-order valence-corrected chi connectivity index (χ0v) is 38.3. The summed E-state index contributed by atoms with van der Waals surface area (Å²) < 4.78 is 32.5. The van der Waals surface area contributed by atoms with Crippen molar-refractivity contribution in [1.29, 1.82) is 0 Å². The number of carboxylic acid groups (broad SMARTS) is 1. The minimum absolute atomic E-state index is 0.0115.